The lowest BCUT2D eigenvalue weighted by Crippen LogP contribution is -2.12. The summed E-state index contributed by atoms with van der Waals surface area (Å²) in [5, 5.41) is 8.97. The zero-order valence-electron chi connectivity index (χ0n) is 15.0. The number of carboxylic acid groups (broad SMARTS) is 1. The van der Waals surface area contributed by atoms with E-state index in [0.29, 0.717) is 0 Å². The predicted octanol–water partition coefficient (Wildman–Crippen LogP) is 6.74. The molecule has 0 aromatic rings. The Morgan fingerprint density at radius 2 is 1.32 bits per heavy atom. The maximum atomic E-state index is 10.9. The fourth-order valence-corrected chi connectivity index (χ4v) is 2.79. The molecular formula is C20H38O2. The van der Waals surface area contributed by atoms with E-state index in [9.17, 15) is 4.79 Å². The predicted molar refractivity (Wildman–Crippen MR) is 96.3 cm³/mol. The van der Waals surface area contributed by atoms with Gasteiger partial charge in [0.1, 0.15) is 0 Å². The highest BCUT2D eigenvalue weighted by Crippen LogP contribution is 2.15. The maximum absolute atomic E-state index is 10.9. The van der Waals surface area contributed by atoms with Crippen LogP contribution in [0.1, 0.15) is 104 Å². The Labute approximate surface area is 138 Å². The largest absolute Gasteiger partial charge is 0.481 e. The molecule has 0 aromatic carbocycles. The third-order valence-electron chi connectivity index (χ3n) is 4.41. The van der Waals surface area contributed by atoms with Crippen LogP contribution in [0.25, 0.3) is 0 Å². The van der Waals surface area contributed by atoms with E-state index in [2.05, 4.69) is 19.1 Å². The first-order valence-corrected chi connectivity index (χ1v) is 9.60. The van der Waals surface area contributed by atoms with E-state index in [1.54, 1.807) is 0 Å². The zero-order valence-corrected chi connectivity index (χ0v) is 15.0. The molecule has 1 atom stereocenters. The number of carbonyl (C=O) groups is 1. The minimum Gasteiger partial charge on any atom is -0.481 e. The van der Waals surface area contributed by atoms with E-state index in [1.807, 2.05) is 6.92 Å². The molecule has 0 aliphatic rings. The van der Waals surface area contributed by atoms with Crippen molar-refractivity contribution in [2.75, 3.05) is 0 Å². The minimum absolute atomic E-state index is 0.128. The quantitative estimate of drug-likeness (QED) is 0.253. The smallest absolute Gasteiger partial charge is 0.306 e. The van der Waals surface area contributed by atoms with E-state index in [0.717, 1.165) is 19.3 Å². The van der Waals surface area contributed by atoms with Gasteiger partial charge in [0.2, 0.25) is 0 Å². The third-order valence-corrected chi connectivity index (χ3v) is 4.41. The molecule has 0 saturated carbocycles. The van der Waals surface area contributed by atoms with Crippen molar-refractivity contribution in [3.05, 3.63) is 12.2 Å². The average molecular weight is 311 g/mol. The first kappa shape index (κ1) is 21.2. The van der Waals surface area contributed by atoms with Gasteiger partial charge >= 0.3 is 5.97 Å². The molecule has 1 N–H and O–H groups in total. The Morgan fingerprint density at radius 3 is 1.82 bits per heavy atom. The van der Waals surface area contributed by atoms with Crippen molar-refractivity contribution in [2.24, 2.45) is 5.92 Å². The highest BCUT2D eigenvalue weighted by molar-refractivity contribution is 5.69. The monoisotopic (exact) mass is 310 g/mol. The van der Waals surface area contributed by atoms with Crippen LogP contribution in [0.5, 0.6) is 0 Å². The van der Waals surface area contributed by atoms with Gasteiger partial charge in [-0.1, -0.05) is 77.4 Å². The van der Waals surface area contributed by atoms with Crippen LogP contribution in [-0.2, 0) is 4.79 Å². The van der Waals surface area contributed by atoms with E-state index < -0.39 is 5.97 Å². The fraction of sp³-hybridized carbons (Fsp3) is 0.850. The second-order valence-corrected chi connectivity index (χ2v) is 6.46. The normalized spacial score (nSPS) is 12.8. The summed E-state index contributed by atoms with van der Waals surface area (Å²) in [4.78, 5) is 10.9. The first-order chi connectivity index (χ1) is 10.7. The van der Waals surface area contributed by atoms with Crippen molar-refractivity contribution >= 4 is 5.97 Å². The van der Waals surface area contributed by atoms with Crippen molar-refractivity contribution in [3.8, 4) is 0 Å². The second kappa shape index (κ2) is 16.6. The summed E-state index contributed by atoms with van der Waals surface area (Å²) in [6.07, 6.45) is 21.7. The molecule has 22 heavy (non-hydrogen) atoms. The van der Waals surface area contributed by atoms with Crippen LogP contribution in [-0.4, -0.2) is 11.1 Å². The van der Waals surface area contributed by atoms with Crippen LogP contribution in [0.3, 0.4) is 0 Å². The molecule has 0 radical (unpaired) electrons. The molecular weight excluding hydrogens is 272 g/mol. The summed E-state index contributed by atoms with van der Waals surface area (Å²) in [7, 11) is 0. The molecule has 0 spiro atoms. The molecule has 1 unspecified atom stereocenters. The Morgan fingerprint density at radius 1 is 0.818 bits per heavy atom. The van der Waals surface area contributed by atoms with Crippen molar-refractivity contribution in [1.29, 1.82) is 0 Å². The van der Waals surface area contributed by atoms with Gasteiger partial charge in [-0.2, -0.15) is 0 Å². The van der Waals surface area contributed by atoms with E-state index in [4.69, 9.17) is 5.11 Å². The number of aliphatic carboxylic acids is 1. The van der Waals surface area contributed by atoms with Gasteiger partial charge in [-0.05, 0) is 38.5 Å². The molecule has 0 amide bonds. The van der Waals surface area contributed by atoms with Gasteiger partial charge in [0.15, 0.2) is 0 Å². The number of rotatable bonds is 16. The van der Waals surface area contributed by atoms with E-state index >= 15 is 0 Å². The third kappa shape index (κ3) is 14.2. The van der Waals surface area contributed by atoms with Crippen molar-refractivity contribution in [2.45, 2.75) is 104 Å². The number of allylic oxidation sites excluding steroid dienone is 2. The summed E-state index contributed by atoms with van der Waals surface area (Å²) in [5.74, 6) is -0.752. The van der Waals surface area contributed by atoms with E-state index in [1.165, 1.54) is 70.6 Å². The SMILES string of the molecule is CCCCCCCC/C=C\CCCCCCC(CC)C(=O)O. The van der Waals surface area contributed by atoms with Crippen LogP contribution in [0.2, 0.25) is 0 Å². The molecule has 0 saturated heterocycles. The Hall–Kier alpha value is -0.790. The minimum atomic E-state index is -0.625. The molecule has 0 aromatic heterocycles. The molecule has 2 heteroatoms. The van der Waals surface area contributed by atoms with Crippen molar-refractivity contribution < 1.29 is 9.90 Å². The number of unbranched alkanes of at least 4 members (excludes halogenated alkanes) is 10. The molecule has 2 nitrogen and oxygen atoms in total. The molecule has 0 fully saturated rings. The van der Waals surface area contributed by atoms with E-state index in [-0.39, 0.29) is 5.92 Å². The topological polar surface area (TPSA) is 37.3 Å². The number of hydrogen-bond acceptors (Lipinski definition) is 1. The van der Waals surface area contributed by atoms with Gasteiger partial charge in [0.05, 0.1) is 5.92 Å². The second-order valence-electron chi connectivity index (χ2n) is 6.46. The van der Waals surface area contributed by atoms with Crippen LogP contribution in [0.4, 0.5) is 0 Å². The Balaban J connectivity index is 3.25. The molecule has 0 aliphatic heterocycles. The summed E-state index contributed by atoms with van der Waals surface area (Å²) in [6, 6.07) is 0. The zero-order chi connectivity index (χ0) is 16.5. The number of carboxylic acids is 1. The van der Waals surface area contributed by atoms with Crippen molar-refractivity contribution in [1.82, 2.24) is 0 Å². The van der Waals surface area contributed by atoms with Gasteiger partial charge in [-0.15, -0.1) is 0 Å². The lowest BCUT2D eigenvalue weighted by Gasteiger charge is -2.08. The van der Waals surface area contributed by atoms with Gasteiger partial charge in [0, 0.05) is 0 Å². The van der Waals surface area contributed by atoms with Crippen LogP contribution >= 0.6 is 0 Å². The van der Waals surface area contributed by atoms with Crippen LogP contribution < -0.4 is 0 Å². The molecule has 0 bridgehead atoms. The summed E-state index contributed by atoms with van der Waals surface area (Å²) in [6.45, 7) is 4.23. The molecule has 0 heterocycles. The molecule has 0 aliphatic carbocycles. The van der Waals surface area contributed by atoms with Gasteiger partial charge in [-0.25, -0.2) is 0 Å². The highest BCUT2D eigenvalue weighted by atomic mass is 16.4. The Kier molecular flexibility index (Phi) is 16.0. The Bertz CT molecular complexity index is 271. The summed E-state index contributed by atoms with van der Waals surface area (Å²) in [5.41, 5.74) is 0. The standard InChI is InChI=1S/C20H38O2/c1-3-5-6-7-8-9-10-11-12-13-14-15-16-17-18-19(4-2)20(21)22/h11-12,19H,3-10,13-18H2,1-2H3,(H,21,22)/b12-11-. The fourth-order valence-electron chi connectivity index (χ4n) is 2.79. The summed E-state index contributed by atoms with van der Waals surface area (Å²) < 4.78 is 0. The lowest BCUT2D eigenvalue weighted by molar-refractivity contribution is -0.142. The average Bonchev–Trinajstić information content (AvgIpc) is 2.51. The number of hydrogen-bond donors (Lipinski definition) is 1. The molecule has 0 rings (SSSR count). The molecule has 130 valence electrons. The van der Waals surface area contributed by atoms with Gasteiger partial charge in [-0.3, -0.25) is 4.79 Å². The van der Waals surface area contributed by atoms with Crippen molar-refractivity contribution in [3.63, 3.8) is 0 Å². The lowest BCUT2D eigenvalue weighted by atomic mass is 9.98. The highest BCUT2D eigenvalue weighted by Gasteiger charge is 2.13. The van der Waals surface area contributed by atoms with Crippen LogP contribution in [0.15, 0.2) is 12.2 Å². The van der Waals surface area contributed by atoms with Gasteiger partial charge in [0.25, 0.3) is 0 Å². The summed E-state index contributed by atoms with van der Waals surface area (Å²) >= 11 is 0. The maximum Gasteiger partial charge on any atom is 0.306 e. The van der Waals surface area contributed by atoms with Gasteiger partial charge < -0.3 is 5.11 Å². The van der Waals surface area contributed by atoms with Crippen LogP contribution in [0, 0.1) is 5.92 Å². The first-order valence-electron chi connectivity index (χ1n) is 9.60.